The number of hydrogen-bond donors (Lipinski definition) is 0. The molecule has 0 atom stereocenters. The minimum Gasteiger partial charge on any atom is -0.443 e. The number of para-hydroxylation sites is 1. The fourth-order valence-corrected chi connectivity index (χ4v) is 2.99. The second-order valence-electron chi connectivity index (χ2n) is 8.91. The van der Waals surface area contributed by atoms with E-state index < -0.39 is 23.4 Å². The van der Waals surface area contributed by atoms with E-state index >= 15 is 0 Å². The van der Waals surface area contributed by atoms with Crippen LogP contribution in [0.15, 0.2) is 24.3 Å². The second kappa shape index (κ2) is 8.47. The van der Waals surface area contributed by atoms with Crippen LogP contribution in [0.25, 0.3) is 10.9 Å². The van der Waals surface area contributed by atoms with Crippen molar-refractivity contribution in [3.8, 4) is 0 Å². The normalized spacial score (nSPS) is 12.0. The Labute approximate surface area is 176 Å². The zero-order chi connectivity index (χ0) is 22.9. The number of imide groups is 1. The first-order valence-corrected chi connectivity index (χ1v) is 9.64. The third-order valence-corrected chi connectivity index (χ3v) is 3.92. The highest BCUT2D eigenvalue weighted by atomic mass is 16.6. The van der Waals surface area contributed by atoms with Crippen molar-refractivity contribution in [1.82, 2.24) is 4.57 Å². The molecule has 2 amide bonds. The Morgan fingerprint density at radius 3 is 1.87 bits per heavy atom. The number of carbonyl (C=O) groups excluding carboxylic acids is 3. The van der Waals surface area contributed by atoms with E-state index in [1.807, 2.05) is 0 Å². The molecule has 8 nitrogen and oxygen atoms in total. The van der Waals surface area contributed by atoms with Gasteiger partial charge >= 0.3 is 12.2 Å². The summed E-state index contributed by atoms with van der Waals surface area (Å²) in [6.07, 6.45) is -1.89. The van der Waals surface area contributed by atoms with Crippen LogP contribution in [0.5, 0.6) is 0 Å². The monoisotopic (exact) mass is 418 g/mol. The van der Waals surface area contributed by atoms with E-state index in [4.69, 9.17) is 14.2 Å². The second-order valence-corrected chi connectivity index (χ2v) is 8.91. The van der Waals surface area contributed by atoms with E-state index in [9.17, 15) is 14.4 Å². The lowest BCUT2D eigenvalue weighted by atomic mass is 10.1. The van der Waals surface area contributed by atoms with Gasteiger partial charge in [0.1, 0.15) is 23.8 Å². The van der Waals surface area contributed by atoms with Crippen LogP contribution in [-0.2, 0) is 20.9 Å². The topological polar surface area (TPSA) is 87.1 Å². The molecule has 0 fully saturated rings. The van der Waals surface area contributed by atoms with E-state index in [0.717, 1.165) is 4.90 Å². The van der Waals surface area contributed by atoms with Gasteiger partial charge in [0.2, 0.25) is 0 Å². The number of carbonyl (C=O) groups is 3. The first-order chi connectivity index (χ1) is 13.8. The Bertz CT molecular complexity index is 934. The van der Waals surface area contributed by atoms with Crippen molar-refractivity contribution in [3.05, 3.63) is 29.8 Å². The number of amides is 2. The highest BCUT2D eigenvalue weighted by Gasteiger charge is 2.38. The molecule has 164 valence electrons. The number of anilines is 1. The number of fused-ring (bicyclic) bond motifs is 1. The van der Waals surface area contributed by atoms with Crippen LogP contribution in [-0.4, -0.2) is 40.8 Å². The third kappa shape index (κ3) is 5.18. The largest absolute Gasteiger partial charge is 0.443 e. The summed E-state index contributed by atoms with van der Waals surface area (Å²) < 4.78 is 17.8. The van der Waals surface area contributed by atoms with Crippen molar-refractivity contribution >= 4 is 34.7 Å². The lowest BCUT2D eigenvalue weighted by Crippen LogP contribution is -2.45. The van der Waals surface area contributed by atoms with Crippen molar-refractivity contribution in [3.63, 3.8) is 0 Å². The van der Waals surface area contributed by atoms with Crippen LogP contribution in [0.1, 0.15) is 58.8 Å². The van der Waals surface area contributed by atoms with E-state index in [0.29, 0.717) is 10.9 Å². The number of aromatic nitrogens is 1. The van der Waals surface area contributed by atoms with Crippen molar-refractivity contribution in [2.75, 3.05) is 12.0 Å². The molecule has 0 saturated heterocycles. The molecule has 0 spiro atoms. The summed E-state index contributed by atoms with van der Waals surface area (Å²) in [6, 6.07) is 7.12. The van der Waals surface area contributed by atoms with Gasteiger partial charge in [0.15, 0.2) is 5.78 Å². The first-order valence-electron chi connectivity index (χ1n) is 9.64. The van der Waals surface area contributed by atoms with E-state index in [1.54, 1.807) is 70.4 Å². The molecule has 0 unspecified atom stereocenters. The molecule has 1 aromatic carbocycles. The van der Waals surface area contributed by atoms with Crippen molar-refractivity contribution in [1.29, 1.82) is 0 Å². The number of hydrogen-bond acceptors (Lipinski definition) is 6. The van der Waals surface area contributed by atoms with Gasteiger partial charge in [0, 0.05) is 12.5 Å². The zero-order valence-electron chi connectivity index (χ0n) is 18.9. The standard InChI is InChI=1S/C22H30N2O6/c1-14(25)17-15-11-9-10-12-16(15)23(13-28-8)18(17)24(19(26)29-21(2,3)4)20(27)30-22(5,6)7/h9-12H,13H2,1-8H3. The number of benzene rings is 1. The van der Waals surface area contributed by atoms with E-state index in [2.05, 4.69) is 0 Å². The molecule has 0 aliphatic heterocycles. The van der Waals surface area contributed by atoms with Crippen molar-refractivity contribution in [2.45, 2.75) is 66.4 Å². The van der Waals surface area contributed by atoms with Gasteiger partial charge in [0.05, 0.1) is 11.1 Å². The quantitative estimate of drug-likeness (QED) is 0.640. The predicted octanol–water partition coefficient (Wildman–Crippen LogP) is 5.12. The summed E-state index contributed by atoms with van der Waals surface area (Å²) in [4.78, 5) is 39.7. The fraction of sp³-hybridized carbons (Fsp3) is 0.500. The Kier molecular flexibility index (Phi) is 6.61. The van der Waals surface area contributed by atoms with Crippen LogP contribution >= 0.6 is 0 Å². The maximum absolute atomic E-state index is 13.1. The highest BCUT2D eigenvalue weighted by Crippen LogP contribution is 2.35. The van der Waals surface area contributed by atoms with Gasteiger partial charge in [-0.3, -0.25) is 4.79 Å². The third-order valence-electron chi connectivity index (χ3n) is 3.92. The van der Waals surface area contributed by atoms with E-state index in [-0.39, 0.29) is 23.9 Å². The van der Waals surface area contributed by atoms with Crippen LogP contribution in [0.4, 0.5) is 15.4 Å². The van der Waals surface area contributed by atoms with Crippen LogP contribution in [0, 0.1) is 0 Å². The Morgan fingerprint density at radius 1 is 0.933 bits per heavy atom. The summed E-state index contributed by atoms with van der Waals surface area (Å²) >= 11 is 0. The minimum atomic E-state index is -0.945. The van der Waals surface area contributed by atoms with E-state index in [1.165, 1.54) is 14.0 Å². The number of ether oxygens (including phenoxy) is 3. The molecular weight excluding hydrogens is 388 g/mol. The number of ketones is 1. The lowest BCUT2D eigenvalue weighted by Gasteiger charge is -2.29. The average Bonchev–Trinajstić information content (AvgIpc) is 2.86. The molecule has 0 radical (unpaired) electrons. The minimum absolute atomic E-state index is 0.00518. The molecule has 2 rings (SSSR count). The Morgan fingerprint density at radius 2 is 1.43 bits per heavy atom. The molecule has 8 heteroatoms. The molecule has 0 saturated carbocycles. The smallest absolute Gasteiger partial charge is 0.425 e. The lowest BCUT2D eigenvalue weighted by molar-refractivity contribution is 0.0424. The van der Waals surface area contributed by atoms with Gasteiger partial charge in [-0.25, -0.2) is 9.59 Å². The average molecular weight is 418 g/mol. The number of rotatable bonds is 4. The molecular formula is C22H30N2O6. The number of Topliss-reactive ketones (excluding diaryl/α,β-unsaturated/α-hetero) is 1. The van der Waals surface area contributed by atoms with Gasteiger partial charge in [-0.2, -0.15) is 4.90 Å². The summed E-state index contributed by atoms with van der Waals surface area (Å²) in [5.74, 6) is -0.262. The van der Waals surface area contributed by atoms with Crippen molar-refractivity contribution < 1.29 is 28.6 Å². The maximum atomic E-state index is 13.1. The number of methoxy groups -OCH3 is 1. The summed E-state index contributed by atoms with van der Waals surface area (Å²) in [5, 5.41) is 0.592. The Balaban J connectivity index is 2.83. The van der Waals surface area contributed by atoms with Crippen molar-refractivity contribution in [2.24, 2.45) is 0 Å². The highest BCUT2D eigenvalue weighted by molar-refractivity contribution is 6.19. The predicted molar refractivity (Wildman–Crippen MR) is 114 cm³/mol. The van der Waals surface area contributed by atoms with Gasteiger partial charge in [-0.05, 0) is 54.5 Å². The van der Waals surface area contributed by atoms with Gasteiger partial charge < -0.3 is 18.8 Å². The maximum Gasteiger partial charge on any atom is 0.425 e. The van der Waals surface area contributed by atoms with Crippen LogP contribution in [0.2, 0.25) is 0 Å². The van der Waals surface area contributed by atoms with Gasteiger partial charge in [-0.1, -0.05) is 18.2 Å². The van der Waals surface area contributed by atoms with Crippen LogP contribution in [0.3, 0.4) is 0 Å². The first kappa shape index (κ1) is 23.4. The molecule has 0 bridgehead atoms. The summed E-state index contributed by atoms with van der Waals surface area (Å²) in [5.41, 5.74) is -0.895. The molecule has 0 aliphatic rings. The van der Waals surface area contributed by atoms with Gasteiger partial charge in [0.25, 0.3) is 0 Å². The SMILES string of the molecule is COCn1c(N(C(=O)OC(C)(C)C)C(=O)OC(C)(C)C)c(C(C)=O)c2ccccc21. The molecule has 0 aliphatic carbocycles. The molecule has 1 heterocycles. The Hall–Kier alpha value is -2.87. The molecule has 1 aromatic heterocycles. The molecule has 30 heavy (non-hydrogen) atoms. The summed E-state index contributed by atoms with van der Waals surface area (Å²) in [7, 11) is 1.48. The van der Waals surface area contributed by atoms with Crippen LogP contribution < -0.4 is 4.90 Å². The molecule has 2 aromatic rings. The summed E-state index contributed by atoms with van der Waals surface area (Å²) in [6.45, 7) is 11.5. The molecule has 0 N–H and O–H groups in total. The fourth-order valence-electron chi connectivity index (χ4n) is 2.99. The number of nitrogens with zero attached hydrogens (tertiary/aromatic N) is 2. The van der Waals surface area contributed by atoms with Gasteiger partial charge in [-0.15, -0.1) is 0 Å². The zero-order valence-corrected chi connectivity index (χ0v) is 18.9.